The van der Waals surface area contributed by atoms with Crippen molar-refractivity contribution in [3.05, 3.63) is 0 Å². The fourth-order valence-corrected chi connectivity index (χ4v) is 4.71. The lowest BCUT2D eigenvalue weighted by molar-refractivity contribution is -0.144. The molecule has 2 aliphatic carbocycles. The SMILES string of the molecule is C[C@H]1OC(=O)[C@@H]2CC3C[C@@H](N)CC[C@H]3[C@H](C(N)=O)[C@H]12. The maximum Gasteiger partial charge on any atom is 0.309 e. The molecule has 7 atom stereocenters. The van der Waals surface area contributed by atoms with E-state index in [1.54, 1.807) is 0 Å². The highest BCUT2D eigenvalue weighted by Crippen LogP contribution is 2.52. The van der Waals surface area contributed by atoms with Crippen molar-refractivity contribution in [1.29, 1.82) is 0 Å². The van der Waals surface area contributed by atoms with E-state index < -0.39 is 0 Å². The lowest BCUT2D eigenvalue weighted by Gasteiger charge is -2.46. The molecule has 1 unspecified atom stereocenters. The summed E-state index contributed by atoms with van der Waals surface area (Å²) in [5.41, 5.74) is 11.7. The van der Waals surface area contributed by atoms with Crippen LogP contribution in [0.25, 0.3) is 0 Å². The molecule has 1 saturated heterocycles. The average Bonchev–Trinajstić information content (AvgIpc) is 2.61. The highest BCUT2D eigenvalue weighted by molar-refractivity contribution is 5.82. The predicted molar refractivity (Wildman–Crippen MR) is 68.6 cm³/mol. The molecule has 106 valence electrons. The van der Waals surface area contributed by atoms with Crippen LogP contribution >= 0.6 is 0 Å². The molecular weight excluding hydrogens is 244 g/mol. The van der Waals surface area contributed by atoms with Crippen LogP contribution in [0.1, 0.15) is 32.6 Å². The molecule has 3 rings (SSSR count). The third-order valence-electron chi connectivity index (χ3n) is 5.45. The number of primary amides is 1. The number of carbonyl (C=O) groups is 2. The van der Waals surface area contributed by atoms with Gasteiger partial charge in [-0.3, -0.25) is 9.59 Å². The van der Waals surface area contributed by atoms with E-state index in [0.29, 0.717) is 5.92 Å². The van der Waals surface area contributed by atoms with Crippen LogP contribution < -0.4 is 11.5 Å². The zero-order chi connectivity index (χ0) is 13.7. The van der Waals surface area contributed by atoms with Crippen LogP contribution in [-0.4, -0.2) is 24.0 Å². The zero-order valence-corrected chi connectivity index (χ0v) is 11.2. The van der Waals surface area contributed by atoms with Gasteiger partial charge in [0.1, 0.15) is 6.10 Å². The molecule has 0 spiro atoms. The minimum Gasteiger partial charge on any atom is -0.462 e. The first-order valence-corrected chi connectivity index (χ1v) is 7.24. The van der Waals surface area contributed by atoms with E-state index in [1.165, 1.54) is 0 Å². The van der Waals surface area contributed by atoms with E-state index in [-0.39, 0.29) is 47.7 Å². The third kappa shape index (κ3) is 1.95. The van der Waals surface area contributed by atoms with E-state index >= 15 is 0 Å². The van der Waals surface area contributed by atoms with Crippen molar-refractivity contribution in [2.75, 3.05) is 0 Å². The van der Waals surface area contributed by atoms with Gasteiger partial charge in [-0.1, -0.05) is 0 Å². The minimum absolute atomic E-state index is 0.0272. The van der Waals surface area contributed by atoms with E-state index in [9.17, 15) is 9.59 Å². The zero-order valence-electron chi connectivity index (χ0n) is 11.2. The van der Waals surface area contributed by atoms with Crippen LogP contribution in [0.4, 0.5) is 0 Å². The largest absolute Gasteiger partial charge is 0.462 e. The number of hydrogen-bond acceptors (Lipinski definition) is 4. The summed E-state index contributed by atoms with van der Waals surface area (Å²) in [6.45, 7) is 1.88. The number of rotatable bonds is 1. The van der Waals surface area contributed by atoms with E-state index in [0.717, 1.165) is 25.7 Å². The number of nitrogens with two attached hydrogens (primary N) is 2. The second kappa shape index (κ2) is 4.47. The van der Waals surface area contributed by atoms with Gasteiger partial charge in [0.05, 0.1) is 5.92 Å². The van der Waals surface area contributed by atoms with Crippen molar-refractivity contribution >= 4 is 11.9 Å². The summed E-state index contributed by atoms with van der Waals surface area (Å²) in [7, 11) is 0. The third-order valence-corrected chi connectivity index (χ3v) is 5.45. The Hall–Kier alpha value is -1.10. The lowest BCUT2D eigenvalue weighted by atomic mass is 9.56. The summed E-state index contributed by atoms with van der Waals surface area (Å²) < 4.78 is 5.34. The molecule has 3 aliphatic rings. The molecule has 19 heavy (non-hydrogen) atoms. The van der Waals surface area contributed by atoms with E-state index in [1.807, 2.05) is 6.92 Å². The van der Waals surface area contributed by atoms with Gasteiger partial charge in [0.25, 0.3) is 0 Å². The number of ether oxygens (including phenoxy) is 1. The molecule has 1 aliphatic heterocycles. The van der Waals surface area contributed by atoms with Gasteiger partial charge in [0.15, 0.2) is 0 Å². The summed E-state index contributed by atoms with van der Waals surface area (Å²) >= 11 is 0. The van der Waals surface area contributed by atoms with Gasteiger partial charge >= 0.3 is 5.97 Å². The van der Waals surface area contributed by atoms with Crippen LogP contribution in [0.2, 0.25) is 0 Å². The first-order chi connectivity index (χ1) is 8.99. The molecule has 2 saturated carbocycles. The summed E-state index contributed by atoms with van der Waals surface area (Å²) in [5.74, 6) is -0.195. The number of esters is 1. The number of hydrogen-bond donors (Lipinski definition) is 2. The normalized spacial score (nSPS) is 49.2. The maximum absolute atomic E-state index is 11.9. The number of cyclic esters (lactones) is 1. The smallest absolute Gasteiger partial charge is 0.309 e. The summed E-state index contributed by atoms with van der Waals surface area (Å²) in [6, 6.07) is 0.196. The van der Waals surface area contributed by atoms with Gasteiger partial charge in [0.2, 0.25) is 5.91 Å². The maximum atomic E-state index is 11.9. The highest BCUT2D eigenvalue weighted by Gasteiger charge is 2.56. The molecule has 0 aromatic rings. The van der Waals surface area contributed by atoms with Crippen molar-refractivity contribution in [3.8, 4) is 0 Å². The van der Waals surface area contributed by atoms with Gasteiger partial charge in [-0.15, -0.1) is 0 Å². The van der Waals surface area contributed by atoms with Crippen molar-refractivity contribution in [2.24, 2.45) is 41.1 Å². The van der Waals surface area contributed by atoms with Crippen LogP contribution in [-0.2, 0) is 14.3 Å². The van der Waals surface area contributed by atoms with Gasteiger partial charge in [0, 0.05) is 17.9 Å². The van der Waals surface area contributed by atoms with Gasteiger partial charge in [-0.2, -0.15) is 0 Å². The molecule has 4 N–H and O–H groups in total. The van der Waals surface area contributed by atoms with Gasteiger partial charge in [-0.05, 0) is 44.4 Å². The molecule has 0 radical (unpaired) electrons. The molecule has 1 heterocycles. The lowest BCUT2D eigenvalue weighted by Crippen LogP contribution is -2.51. The first-order valence-electron chi connectivity index (χ1n) is 7.24. The van der Waals surface area contributed by atoms with Crippen LogP contribution in [0, 0.1) is 29.6 Å². The Labute approximate surface area is 113 Å². The van der Waals surface area contributed by atoms with E-state index in [2.05, 4.69) is 0 Å². The first kappa shape index (κ1) is 12.9. The van der Waals surface area contributed by atoms with Crippen molar-refractivity contribution in [1.82, 2.24) is 0 Å². The summed E-state index contributed by atoms with van der Waals surface area (Å²) in [4.78, 5) is 23.8. The molecule has 1 amide bonds. The Morgan fingerprint density at radius 1 is 1.32 bits per heavy atom. The quantitative estimate of drug-likeness (QED) is 0.672. The molecule has 0 aromatic carbocycles. The monoisotopic (exact) mass is 266 g/mol. The fraction of sp³-hybridized carbons (Fsp3) is 0.857. The molecule has 5 heteroatoms. The average molecular weight is 266 g/mol. The topological polar surface area (TPSA) is 95.4 Å². The molecule has 5 nitrogen and oxygen atoms in total. The Balaban J connectivity index is 1.92. The minimum atomic E-state index is -0.273. The van der Waals surface area contributed by atoms with Gasteiger partial charge in [-0.25, -0.2) is 0 Å². The number of carbonyl (C=O) groups excluding carboxylic acids is 2. The van der Waals surface area contributed by atoms with Crippen molar-refractivity contribution in [2.45, 2.75) is 44.8 Å². The summed E-state index contributed by atoms with van der Waals surface area (Å²) in [5, 5.41) is 0. The Kier molecular flexibility index (Phi) is 3.04. The van der Waals surface area contributed by atoms with Crippen molar-refractivity contribution < 1.29 is 14.3 Å². The van der Waals surface area contributed by atoms with Crippen LogP contribution in [0.5, 0.6) is 0 Å². The highest BCUT2D eigenvalue weighted by atomic mass is 16.6. The molecule has 0 aromatic heterocycles. The second-order valence-electron chi connectivity index (χ2n) is 6.49. The fourth-order valence-electron chi connectivity index (χ4n) is 4.71. The Morgan fingerprint density at radius 2 is 2.05 bits per heavy atom. The standard InChI is InChI=1S/C14H22N2O3/c1-6-11-10(14(18)19-6)5-7-4-8(15)2-3-9(7)12(11)13(16)17/h6-12H,2-5,15H2,1H3,(H2,16,17)/t6-,7?,8+,9-,10-,11-,12+/m1/s1. The van der Waals surface area contributed by atoms with Crippen LogP contribution in [0.3, 0.4) is 0 Å². The Morgan fingerprint density at radius 3 is 2.74 bits per heavy atom. The van der Waals surface area contributed by atoms with Crippen molar-refractivity contribution in [3.63, 3.8) is 0 Å². The number of amides is 1. The predicted octanol–water partition coefficient (Wildman–Crippen LogP) is 0.413. The summed E-state index contributed by atoms with van der Waals surface area (Å²) in [6.07, 6.45) is 3.43. The number of fused-ring (bicyclic) bond motifs is 2. The second-order valence-corrected chi connectivity index (χ2v) is 6.49. The molecular formula is C14H22N2O3. The Bertz CT molecular complexity index is 411. The van der Waals surface area contributed by atoms with Crippen LogP contribution in [0.15, 0.2) is 0 Å². The van der Waals surface area contributed by atoms with E-state index in [4.69, 9.17) is 16.2 Å². The van der Waals surface area contributed by atoms with Gasteiger partial charge < -0.3 is 16.2 Å². The molecule has 0 bridgehead atoms. The molecule has 3 fully saturated rings.